The molecule has 0 aliphatic carbocycles. The van der Waals surface area contributed by atoms with E-state index in [0.717, 1.165) is 0 Å². The van der Waals surface area contributed by atoms with E-state index < -0.39 is 11.5 Å². The normalized spacial score (nSPS) is 27.9. The zero-order valence-electron chi connectivity index (χ0n) is 9.99. The van der Waals surface area contributed by atoms with Gasteiger partial charge in [-0.15, -0.1) is 0 Å². The van der Waals surface area contributed by atoms with Crippen LogP contribution in [0.25, 0.3) is 0 Å². The van der Waals surface area contributed by atoms with Crippen LogP contribution in [0.1, 0.15) is 33.1 Å². The Labute approximate surface area is 99.4 Å². The number of Topliss-reactive ketones (excluding diaryl/α,β-unsaturated/α-hetero) is 1. The first kappa shape index (κ1) is 11.8. The van der Waals surface area contributed by atoms with E-state index >= 15 is 0 Å². The van der Waals surface area contributed by atoms with E-state index in [1.54, 1.807) is 13.0 Å². The van der Waals surface area contributed by atoms with Gasteiger partial charge in [-0.3, -0.25) is 14.5 Å². The number of hydrogen-bond acceptors (Lipinski definition) is 4. The molecule has 0 saturated carbocycles. The lowest BCUT2D eigenvalue weighted by Gasteiger charge is -2.39. The first-order valence-corrected chi connectivity index (χ1v) is 5.70. The van der Waals surface area contributed by atoms with E-state index in [2.05, 4.69) is 0 Å². The van der Waals surface area contributed by atoms with Crippen LogP contribution in [0, 0.1) is 0 Å². The summed E-state index contributed by atoms with van der Waals surface area (Å²) in [4.78, 5) is 36.4. The lowest BCUT2D eigenvalue weighted by atomic mass is 9.87. The monoisotopic (exact) mass is 237 g/mol. The van der Waals surface area contributed by atoms with Crippen LogP contribution in [-0.2, 0) is 19.1 Å². The van der Waals surface area contributed by atoms with Gasteiger partial charge in [-0.05, 0) is 20.3 Å². The molecule has 5 nitrogen and oxygen atoms in total. The van der Waals surface area contributed by atoms with Crippen LogP contribution >= 0.6 is 0 Å². The Bertz CT molecular complexity index is 426. The van der Waals surface area contributed by atoms with Crippen molar-refractivity contribution in [3.8, 4) is 0 Å². The molecule has 2 heterocycles. The number of nitrogens with zero attached hydrogens (tertiary/aromatic N) is 1. The molecule has 1 amide bonds. The van der Waals surface area contributed by atoms with Gasteiger partial charge in [-0.25, -0.2) is 4.79 Å². The van der Waals surface area contributed by atoms with E-state index in [9.17, 15) is 14.4 Å². The third-order valence-electron chi connectivity index (χ3n) is 3.18. The van der Waals surface area contributed by atoms with Crippen LogP contribution in [-0.4, -0.2) is 34.7 Å². The molecule has 1 saturated heterocycles. The fourth-order valence-corrected chi connectivity index (χ4v) is 2.49. The molecular weight excluding hydrogens is 222 g/mol. The Kier molecular flexibility index (Phi) is 2.77. The zero-order valence-corrected chi connectivity index (χ0v) is 9.99. The first-order valence-electron chi connectivity index (χ1n) is 5.70. The van der Waals surface area contributed by atoms with Crippen molar-refractivity contribution in [3.05, 3.63) is 11.8 Å². The molecule has 0 radical (unpaired) electrons. The molecule has 2 aliphatic heterocycles. The fraction of sp³-hybridized carbons (Fsp3) is 0.583. The molecule has 1 fully saturated rings. The van der Waals surface area contributed by atoms with E-state index in [-0.39, 0.29) is 30.4 Å². The minimum atomic E-state index is -0.575. The molecule has 0 aromatic rings. The average molecular weight is 237 g/mol. The summed E-state index contributed by atoms with van der Waals surface area (Å²) in [5.41, 5.74) is -0.291. The lowest BCUT2D eigenvalue weighted by Crippen LogP contribution is -2.52. The molecular formula is C12H15NO4. The van der Waals surface area contributed by atoms with Gasteiger partial charge < -0.3 is 4.74 Å². The number of amides is 1. The molecule has 2 aliphatic rings. The summed E-state index contributed by atoms with van der Waals surface area (Å²) in [6.45, 7) is 3.81. The van der Waals surface area contributed by atoms with Crippen molar-refractivity contribution < 1.29 is 19.1 Å². The molecule has 17 heavy (non-hydrogen) atoms. The molecule has 0 aromatic carbocycles. The highest BCUT2D eigenvalue weighted by atomic mass is 16.5. The van der Waals surface area contributed by atoms with Crippen LogP contribution in [0.3, 0.4) is 0 Å². The number of carbonyl (C=O) groups excluding carboxylic acids is 3. The van der Waals surface area contributed by atoms with E-state index in [1.165, 1.54) is 4.90 Å². The van der Waals surface area contributed by atoms with E-state index in [1.807, 2.05) is 6.92 Å². The van der Waals surface area contributed by atoms with Gasteiger partial charge in [0.1, 0.15) is 11.5 Å². The fourth-order valence-electron chi connectivity index (χ4n) is 2.49. The molecule has 0 bridgehead atoms. The Balaban J connectivity index is 2.27. The van der Waals surface area contributed by atoms with Crippen LogP contribution in [0.2, 0.25) is 0 Å². The van der Waals surface area contributed by atoms with Crippen molar-refractivity contribution in [2.75, 3.05) is 6.61 Å². The predicted octanol–water partition coefficient (Wildman–Crippen LogP) is 0.787. The molecule has 1 unspecified atom stereocenters. The van der Waals surface area contributed by atoms with Gasteiger partial charge in [0, 0.05) is 6.42 Å². The lowest BCUT2D eigenvalue weighted by molar-refractivity contribution is -0.150. The van der Waals surface area contributed by atoms with Crippen molar-refractivity contribution in [1.29, 1.82) is 0 Å². The van der Waals surface area contributed by atoms with Gasteiger partial charge >= 0.3 is 5.97 Å². The quantitative estimate of drug-likeness (QED) is 0.526. The summed E-state index contributed by atoms with van der Waals surface area (Å²) in [6.07, 6.45) is 2.40. The second kappa shape index (κ2) is 3.98. The largest absolute Gasteiger partial charge is 0.461 e. The summed E-state index contributed by atoms with van der Waals surface area (Å²) in [5.74, 6) is -0.855. The molecule has 2 rings (SSSR count). The van der Waals surface area contributed by atoms with Gasteiger partial charge in [-0.2, -0.15) is 0 Å². The first-order chi connectivity index (χ1) is 7.98. The summed E-state index contributed by atoms with van der Waals surface area (Å²) in [6, 6.07) is 0. The minimum absolute atomic E-state index is 0.0627. The highest BCUT2D eigenvalue weighted by Gasteiger charge is 2.48. The zero-order chi connectivity index (χ0) is 12.6. The average Bonchev–Trinajstić information content (AvgIpc) is 2.55. The number of hydrogen-bond donors (Lipinski definition) is 0. The Morgan fingerprint density at radius 2 is 2.24 bits per heavy atom. The van der Waals surface area contributed by atoms with Crippen LogP contribution in [0.15, 0.2) is 11.8 Å². The van der Waals surface area contributed by atoms with Gasteiger partial charge in [0.15, 0.2) is 0 Å². The van der Waals surface area contributed by atoms with Crippen molar-refractivity contribution in [1.82, 2.24) is 4.90 Å². The maximum absolute atomic E-state index is 11.9. The standard InChI is InChI=1S/C12H15NO4/c1-3-17-11(16)9-4-5-12(2)7-8(14)6-10(15)13(9)12/h4H,3,5-7H2,1-2H3. The summed E-state index contributed by atoms with van der Waals surface area (Å²) in [7, 11) is 0. The van der Waals surface area contributed by atoms with Gasteiger partial charge in [0.2, 0.25) is 5.91 Å². The van der Waals surface area contributed by atoms with Crippen molar-refractivity contribution >= 4 is 17.7 Å². The topological polar surface area (TPSA) is 63.7 Å². The number of ether oxygens (including phenoxy) is 1. The predicted molar refractivity (Wildman–Crippen MR) is 58.8 cm³/mol. The van der Waals surface area contributed by atoms with Crippen LogP contribution < -0.4 is 0 Å². The van der Waals surface area contributed by atoms with Crippen LogP contribution in [0.4, 0.5) is 0 Å². The number of carbonyl (C=O) groups is 3. The summed E-state index contributed by atoms with van der Waals surface area (Å²) in [5, 5.41) is 0. The second-order valence-corrected chi connectivity index (χ2v) is 4.63. The summed E-state index contributed by atoms with van der Waals surface area (Å²) >= 11 is 0. The highest BCUT2D eigenvalue weighted by molar-refractivity contribution is 6.06. The Morgan fingerprint density at radius 3 is 2.88 bits per heavy atom. The Morgan fingerprint density at radius 1 is 1.53 bits per heavy atom. The van der Waals surface area contributed by atoms with Crippen molar-refractivity contribution in [3.63, 3.8) is 0 Å². The van der Waals surface area contributed by atoms with Gasteiger partial charge in [0.05, 0.1) is 18.6 Å². The maximum atomic E-state index is 11.9. The van der Waals surface area contributed by atoms with Crippen molar-refractivity contribution in [2.24, 2.45) is 0 Å². The van der Waals surface area contributed by atoms with E-state index in [0.29, 0.717) is 12.8 Å². The third-order valence-corrected chi connectivity index (χ3v) is 3.18. The number of rotatable bonds is 2. The SMILES string of the molecule is CCOC(=O)C1=CCC2(C)CC(=O)CC(=O)N12. The second-order valence-electron chi connectivity index (χ2n) is 4.63. The minimum Gasteiger partial charge on any atom is -0.461 e. The molecule has 0 aromatic heterocycles. The molecule has 92 valence electrons. The van der Waals surface area contributed by atoms with Gasteiger partial charge in [0.25, 0.3) is 0 Å². The third kappa shape index (κ3) is 1.85. The van der Waals surface area contributed by atoms with Gasteiger partial charge in [-0.1, -0.05) is 6.08 Å². The molecule has 0 N–H and O–H groups in total. The molecule has 0 spiro atoms. The summed E-state index contributed by atoms with van der Waals surface area (Å²) < 4.78 is 4.91. The number of piperidine rings is 1. The van der Waals surface area contributed by atoms with Crippen LogP contribution in [0.5, 0.6) is 0 Å². The van der Waals surface area contributed by atoms with E-state index in [4.69, 9.17) is 4.74 Å². The van der Waals surface area contributed by atoms with Crippen molar-refractivity contribution in [2.45, 2.75) is 38.6 Å². The number of esters is 1. The highest BCUT2D eigenvalue weighted by Crippen LogP contribution is 2.39. The molecule has 1 atom stereocenters. The number of ketones is 1. The number of fused-ring (bicyclic) bond motifs is 1. The smallest absolute Gasteiger partial charge is 0.354 e. The Hall–Kier alpha value is -1.65. The maximum Gasteiger partial charge on any atom is 0.354 e. The molecule has 5 heteroatoms.